The molecule has 3 aliphatic heterocycles. The van der Waals surface area contributed by atoms with Crippen LogP contribution < -0.4 is 37.6 Å². The number of carbonyl (C=O) groups excluding carboxylic acids is 7. The lowest BCUT2D eigenvalue weighted by molar-refractivity contribution is -0.140. The number of rotatable bonds is 23. The molecule has 2 saturated carbocycles. The summed E-state index contributed by atoms with van der Waals surface area (Å²) < 4.78 is 22.2. The van der Waals surface area contributed by atoms with Gasteiger partial charge in [-0.05, 0) is 134 Å². The molecule has 1 saturated heterocycles. The van der Waals surface area contributed by atoms with Gasteiger partial charge in [-0.2, -0.15) is 10.2 Å². The summed E-state index contributed by atoms with van der Waals surface area (Å²) in [5.41, 5.74) is 21.6. The number of ether oxygens (including phenoxy) is 4. The predicted molar refractivity (Wildman–Crippen MR) is 349 cm³/mol. The van der Waals surface area contributed by atoms with E-state index in [4.69, 9.17) is 29.5 Å². The van der Waals surface area contributed by atoms with Gasteiger partial charge in [-0.25, -0.2) is 9.59 Å². The van der Waals surface area contributed by atoms with E-state index < -0.39 is 18.2 Å². The summed E-state index contributed by atoms with van der Waals surface area (Å²) >= 11 is 0. The van der Waals surface area contributed by atoms with Gasteiger partial charge in [0.1, 0.15) is 12.2 Å². The standard InChI is InChI=1S/C41H62BN6O8.C22H31N3O2.C2H6.CH2BNO/c1-7-20-54-25-31(44-35(49)17-19-48-37(51)22-34(27(2)3)39(48)52)26-55-21-18-36(50)45-42-46-40(53)56-32-9-8-10-33-30(15-16-32)24-43-47-38(33)29-13-11-28(12-14-29)23-41(4,5)6;1-22(2,3)13-15-7-9-16(10-8-15)20-19-6-4-5-18(27-21(23)26)12-11-17(19)14-24-25-20;1-2;2-3-1-4/h11-14,24,27,31-34,43H,7-10,15-23,25-26H2,1-6H3,(H,44,49)(H,45,50)(H,46,53);7-10,14,18-19,24H,4-6,11-13H2,1-3H3,(H2,23,26);1-2H3;1H,(H,3,4). The molecule has 21 nitrogen and oxygen atoms in total. The number of nitrogens with one attached hydrogen (secondary N) is 6. The maximum atomic E-state index is 12.7. The van der Waals surface area contributed by atoms with Crippen LogP contribution in [0.4, 0.5) is 9.59 Å². The molecule has 3 heterocycles. The van der Waals surface area contributed by atoms with Crippen LogP contribution in [0.3, 0.4) is 0 Å². The number of primary amides is 1. The maximum absolute atomic E-state index is 12.7. The second kappa shape index (κ2) is 38.5. The summed E-state index contributed by atoms with van der Waals surface area (Å²) in [6.07, 6.45) is 14.3. The van der Waals surface area contributed by atoms with Crippen molar-refractivity contribution in [2.75, 3.05) is 33.0 Å². The third-order valence-corrected chi connectivity index (χ3v) is 15.5. The van der Waals surface area contributed by atoms with Crippen molar-refractivity contribution in [3.05, 3.63) is 94.3 Å². The fourth-order valence-electron chi connectivity index (χ4n) is 11.3. The highest BCUT2D eigenvalue weighted by Gasteiger charge is 2.40. The molecule has 2 aromatic rings. The highest BCUT2D eigenvalue weighted by molar-refractivity contribution is 6.37. The summed E-state index contributed by atoms with van der Waals surface area (Å²) in [4.78, 5) is 83.7. The number of hydrazone groups is 2. The number of imide groups is 1. The second-order valence-corrected chi connectivity index (χ2v) is 25.7. The number of nitrogens with two attached hydrogens (primary N) is 1. The second-order valence-electron chi connectivity index (χ2n) is 25.7. The van der Waals surface area contributed by atoms with E-state index in [1.54, 1.807) is 5.23 Å². The van der Waals surface area contributed by atoms with Gasteiger partial charge in [0, 0.05) is 62.6 Å². The molecule has 7 amide bonds. The molecule has 3 fully saturated rings. The van der Waals surface area contributed by atoms with E-state index in [-0.39, 0.29) is 110 Å². The Kier molecular flexibility index (Phi) is 32.2. The fraction of sp³-hybridized carbons (Fsp3) is 0.621. The molecular formula is C66H101B2N10O11. The SMILES string of the molecule is CC.CC(C)(C)Cc1ccc(C2=NNC=C3CCC(OC(N)=O)CCCC32)cc1.CCCOCC(COCCC(=O)N[B]NC(=O)OC1CCCC2C(=CNN=C2c2ccc(CC(C)(C)C)cc2)CC1)NC(=O)CCN1C(=O)CC(C(C)C)C1=O.[B]NC=O. The molecule has 6 atom stereocenters. The number of amides is 7. The van der Waals surface area contributed by atoms with E-state index in [1.165, 1.54) is 32.7 Å². The fourth-order valence-corrected chi connectivity index (χ4v) is 11.3. The Morgan fingerprint density at radius 3 is 1.67 bits per heavy atom. The molecule has 5 aliphatic rings. The first kappa shape index (κ1) is 74.5. The van der Waals surface area contributed by atoms with Crippen molar-refractivity contribution in [3.63, 3.8) is 0 Å². The molecule has 23 heteroatoms. The Bertz CT molecular complexity index is 2710. The van der Waals surface area contributed by atoms with Crippen molar-refractivity contribution in [2.24, 2.45) is 50.4 Å². The Hall–Kier alpha value is -7.00. The lowest BCUT2D eigenvalue weighted by Gasteiger charge is -2.30. The predicted octanol–water partition coefficient (Wildman–Crippen LogP) is 8.88. The van der Waals surface area contributed by atoms with Gasteiger partial charge >= 0.3 is 19.7 Å². The lowest BCUT2D eigenvalue weighted by Crippen LogP contribution is -2.44. The average Bonchev–Trinajstić information content (AvgIpc) is 1.58. The van der Waals surface area contributed by atoms with Crippen molar-refractivity contribution >= 4 is 69.2 Å². The molecule has 0 aromatic heterocycles. The number of benzene rings is 2. The monoisotopic (exact) mass is 1230 g/mol. The van der Waals surface area contributed by atoms with Crippen molar-refractivity contribution in [1.82, 2.24) is 36.8 Å². The Morgan fingerprint density at radius 2 is 1.22 bits per heavy atom. The molecule has 2 aromatic carbocycles. The molecule has 0 spiro atoms. The van der Waals surface area contributed by atoms with Crippen molar-refractivity contribution in [1.29, 1.82) is 0 Å². The summed E-state index contributed by atoms with van der Waals surface area (Å²) in [7, 11) is 5.57. The van der Waals surface area contributed by atoms with Crippen molar-refractivity contribution < 1.29 is 52.5 Å². The molecule has 8 N–H and O–H groups in total. The number of allylic oxidation sites excluding steroid dienone is 2. The van der Waals surface area contributed by atoms with E-state index in [1.807, 2.05) is 47.0 Å². The summed E-state index contributed by atoms with van der Waals surface area (Å²) in [6.45, 7) is 24.2. The highest BCUT2D eigenvalue weighted by Crippen LogP contribution is 2.35. The van der Waals surface area contributed by atoms with Crippen LogP contribution in [-0.4, -0.2) is 125 Å². The Morgan fingerprint density at radius 1 is 0.730 bits per heavy atom. The Labute approximate surface area is 531 Å². The van der Waals surface area contributed by atoms with Crippen LogP contribution in [0.1, 0.15) is 188 Å². The number of carbonyl (C=O) groups is 7. The van der Waals surface area contributed by atoms with Gasteiger partial charge in [-0.1, -0.05) is 125 Å². The molecule has 89 heavy (non-hydrogen) atoms. The van der Waals surface area contributed by atoms with Crippen LogP contribution in [0, 0.1) is 34.5 Å². The van der Waals surface area contributed by atoms with E-state index in [9.17, 15) is 28.8 Å². The van der Waals surface area contributed by atoms with Crippen LogP contribution in [-0.2, 0) is 55.8 Å². The van der Waals surface area contributed by atoms with E-state index >= 15 is 0 Å². The highest BCUT2D eigenvalue weighted by atomic mass is 16.6. The molecule has 0 bridgehead atoms. The van der Waals surface area contributed by atoms with Gasteiger partial charge < -0.3 is 45.7 Å². The minimum absolute atomic E-state index is 0.0131. The van der Waals surface area contributed by atoms with Gasteiger partial charge in [0.25, 0.3) is 0 Å². The zero-order chi connectivity index (χ0) is 65.5. The van der Waals surface area contributed by atoms with Crippen LogP contribution in [0.2, 0.25) is 0 Å². The number of hydrogen-bond donors (Lipinski definition) is 7. The zero-order valence-corrected chi connectivity index (χ0v) is 54.8. The average molecular weight is 1230 g/mol. The normalized spacial score (nSPS) is 20.2. The van der Waals surface area contributed by atoms with Gasteiger partial charge in [-0.15, -0.1) is 0 Å². The molecule has 7 rings (SSSR count). The lowest BCUT2D eigenvalue weighted by atomic mass is 9.80. The number of likely N-dealkylation sites (tertiary alicyclic amines) is 1. The molecule has 2 aliphatic carbocycles. The Balaban J connectivity index is 0.000000424. The van der Waals surface area contributed by atoms with E-state index in [0.29, 0.717) is 25.4 Å². The summed E-state index contributed by atoms with van der Waals surface area (Å²) in [5.74, 6) is -0.929. The molecule has 6 unspecified atom stereocenters. The maximum Gasteiger partial charge on any atom is 0.404 e. The van der Waals surface area contributed by atoms with Crippen LogP contribution in [0.5, 0.6) is 0 Å². The van der Waals surface area contributed by atoms with Crippen molar-refractivity contribution in [2.45, 2.75) is 197 Å². The first-order chi connectivity index (χ1) is 42.5. The summed E-state index contributed by atoms with van der Waals surface area (Å²) in [5, 5.41) is 18.9. The van der Waals surface area contributed by atoms with Gasteiger partial charge in [0.2, 0.25) is 31.6 Å². The minimum atomic E-state index is -0.675. The number of nitrogens with zero attached hydrogens (tertiary/aromatic N) is 3. The first-order valence-electron chi connectivity index (χ1n) is 31.9. The molecular weight excluding hydrogens is 1130 g/mol. The quantitative estimate of drug-likeness (QED) is 0.0237. The van der Waals surface area contributed by atoms with Crippen LogP contribution in [0.15, 0.2) is 82.3 Å². The van der Waals surface area contributed by atoms with E-state index in [0.717, 1.165) is 102 Å². The number of fused-ring (bicyclic) bond motifs is 2. The van der Waals surface area contributed by atoms with Gasteiger partial charge in [-0.3, -0.25) is 39.7 Å². The summed E-state index contributed by atoms with van der Waals surface area (Å²) in [6, 6.07) is 17.1. The molecule has 487 valence electrons. The van der Waals surface area contributed by atoms with Crippen molar-refractivity contribution in [3.8, 4) is 0 Å². The number of hydrogen-bond acceptors (Lipinski definition) is 15. The minimum Gasteiger partial charge on any atom is -0.447 e. The van der Waals surface area contributed by atoms with Crippen LogP contribution in [0.25, 0.3) is 0 Å². The third kappa shape index (κ3) is 26.9. The van der Waals surface area contributed by atoms with E-state index in [2.05, 4.69) is 135 Å². The first-order valence-corrected chi connectivity index (χ1v) is 31.9. The topological polar surface area (TPSA) is 283 Å². The third-order valence-electron chi connectivity index (χ3n) is 15.5. The molecule has 3 radical (unpaired) electrons. The largest absolute Gasteiger partial charge is 0.447 e. The smallest absolute Gasteiger partial charge is 0.404 e. The van der Waals surface area contributed by atoms with Gasteiger partial charge in [0.15, 0.2) is 6.41 Å². The zero-order valence-electron chi connectivity index (χ0n) is 54.8. The van der Waals surface area contributed by atoms with Gasteiger partial charge in [0.05, 0.1) is 37.3 Å². The van der Waals surface area contributed by atoms with Crippen LogP contribution >= 0.6 is 0 Å².